The minimum atomic E-state index is -0.762. The fourth-order valence-electron chi connectivity index (χ4n) is 9.60. The van der Waals surface area contributed by atoms with Crippen LogP contribution < -0.4 is 0 Å². The van der Waals surface area contributed by atoms with Crippen LogP contribution in [0.5, 0.6) is 0 Å². The first-order chi connectivity index (χ1) is 33.4. The highest BCUT2D eigenvalue weighted by molar-refractivity contribution is 5.71. The van der Waals surface area contributed by atoms with Crippen LogP contribution in [-0.4, -0.2) is 37.2 Å². The van der Waals surface area contributed by atoms with E-state index in [1.807, 2.05) is 0 Å². The van der Waals surface area contributed by atoms with E-state index in [9.17, 15) is 14.4 Å². The summed E-state index contributed by atoms with van der Waals surface area (Å²) in [7, 11) is 0. The van der Waals surface area contributed by atoms with Crippen molar-refractivity contribution in [2.75, 3.05) is 13.2 Å². The molecule has 0 aliphatic rings. The van der Waals surface area contributed by atoms with E-state index in [0.717, 1.165) is 63.7 Å². The van der Waals surface area contributed by atoms with E-state index in [-0.39, 0.29) is 31.1 Å². The van der Waals surface area contributed by atoms with Crippen LogP contribution >= 0.6 is 0 Å². The van der Waals surface area contributed by atoms with E-state index in [1.54, 1.807) is 0 Å². The van der Waals surface area contributed by atoms with Gasteiger partial charge in [-0.1, -0.05) is 317 Å². The SMILES string of the molecule is CCCCCCCCCCCCCCCCCCCC(=O)O[C@H](COC(=O)CCCCCCCCCCCCC)COC(=O)CCCCCCCCCCCCCCCCCCCCC(C)CC. The molecule has 0 aromatic carbocycles. The highest BCUT2D eigenvalue weighted by Crippen LogP contribution is 2.19. The summed E-state index contributed by atoms with van der Waals surface area (Å²) < 4.78 is 16.9. The largest absolute Gasteiger partial charge is 0.462 e. The number of unbranched alkanes of at least 4 members (excludes halogenated alkanes) is 43. The topological polar surface area (TPSA) is 78.9 Å². The second-order valence-corrected chi connectivity index (χ2v) is 21.6. The molecule has 0 aromatic rings. The molecule has 68 heavy (non-hydrogen) atoms. The molecule has 404 valence electrons. The molecule has 6 heteroatoms. The van der Waals surface area contributed by atoms with Gasteiger partial charge in [0, 0.05) is 19.3 Å². The number of carbonyl (C=O) groups is 3. The third-order valence-corrected chi connectivity index (χ3v) is 14.7. The van der Waals surface area contributed by atoms with Crippen molar-refractivity contribution in [2.24, 2.45) is 5.92 Å². The smallest absolute Gasteiger partial charge is 0.306 e. The fourth-order valence-corrected chi connectivity index (χ4v) is 9.60. The fraction of sp³-hybridized carbons (Fsp3) is 0.952. The molecule has 0 saturated heterocycles. The summed E-state index contributed by atoms with van der Waals surface area (Å²) in [4.78, 5) is 38.2. The van der Waals surface area contributed by atoms with Gasteiger partial charge in [-0.25, -0.2) is 0 Å². The van der Waals surface area contributed by atoms with Gasteiger partial charge in [0.25, 0.3) is 0 Å². The lowest BCUT2D eigenvalue weighted by molar-refractivity contribution is -0.167. The van der Waals surface area contributed by atoms with Gasteiger partial charge in [0.1, 0.15) is 13.2 Å². The van der Waals surface area contributed by atoms with Gasteiger partial charge in [-0.2, -0.15) is 0 Å². The van der Waals surface area contributed by atoms with Crippen LogP contribution in [0.25, 0.3) is 0 Å². The van der Waals surface area contributed by atoms with Crippen molar-refractivity contribution in [3.05, 3.63) is 0 Å². The van der Waals surface area contributed by atoms with E-state index in [0.29, 0.717) is 19.3 Å². The highest BCUT2D eigenvalue weighted by atomic mass is 16.6. The summed E-state index contributed by atoms with van der Waals surface area (Å²) >= 11 is 0. The summed E-state index contributed by atoms with van der Waals surface area (Å²) in [5.74, 6) is 0.0782. The Labute approximate surface area is 425 Å². The van der Waals surface area contributed by atoms with Crippen LogP contribution in [0.2, 0.25) is 0 Å². The lowest BCUT2D eigenvalue weighted by atomic mass is 9.99. The van der Waals surface area contributed by atoms with Crippen molar-refractivity contribution in [1.29, 1.82) is 0 Å². The van der Waals surface area contributed by atoms with Gasteiger partial charge in [-0.15, -0.1) is 0 Å². The Bertz CT molecular complexity index is 1030. The van der Waals surface area contributed by atoms with Gasteiger partial charge in [0.2, 0.25) is 0 Å². The quantitative estimate of drug-likeness (QED) is 0.0343. The molecule has 0 heterocycles. The maximum atomic E-state index is 12.9. The Morgan fingerprint density at radius 1 is 0.294 bits per heavy atom. The Kier molecular flexibility index (Phi) is 55.0. The Balaban J connectivity index is 4.21. The number of ether oxygens (including phenoxy) is 3. The molecule has 0 aromatic heterocycles. The van der Waals surface area contributed by atoms with Gasteiger partial charge in [-0.05, 0) is 25.2 Å². The molecule has 0 amide bonds. The lowest BCUT2D eigenvalue weighted by Gasteiger charge is -2.18. The van der Waals surface area contributed by atoms with Gasteiger partial charge < -0.3 is 14.2 Å². The molecular weight excluding hydrogens is 841 g/mol. The van der Waals surface area contributed by atoms with Crippen molar-refractivity contribution in [2.45, 2.75) is 361 Å². The molecule has 0 N–H and O–H groups in total. The molecule has 0 rings (SSSR count). The summed E-state index contributed by atoms with van der Waals surface area (Å²) in [6.45, 7) is 9.11. The average molecular weight is 962 g/mol. The van der Waals surface area contributed by atoms with Crippen LogP contribution in [0.3, 0.4) is 0 Å². The summed E-state index contributed by atoms with van der Waals surface area (Å²) in [6.07, 6.45) is 62.4. The van der Waals surface area contributed by atoms with Crippen molar-refractivity contribution < 1.29 is 28.6 Å². The van der Waals surface area contributed by atoms with Crippen molar-refractivity contribution >= 4 is 17.9 Å². The van der Waals surface area contributed by atoms with Crippen LogP contribution in [0, 0.1) is 5.92 Å². The molecule has 0 fully saturated rings. The van der Waals surface area contributed by atoms with Gasteiger partial charge in [0.05, 0.1) is 0 Å². The molecule has 2 atom stereocenters. The van der Waals surface area contributed by atoms with Crippen molar-refractivity contribution in [3.63, 3.8) is 0 Å². The number of rotatable bonds is 57. The first-order valence-electron chi connectivity index (χ1n) is 30.9. The Morgan fingerprint density at radius 2 is 0.515 bits per heavy atom. The number of carbonyl (C=O) groups excluding carboxylic acids is 3. The van der Waals surface area contributed by atoms with Crippen molar-refractivity contribution in [3.8, 4) is 0 Å². The van der Waals surface area contributed by atoms with E-state index >= 15 is 0 Å². The van der Waals surface area contributed by atoms with Gasteiger partial charge >= 0.3 is 17.9 Å². The van der Waals surface area contributed by atoms with E-state index in [4.69, 9.17) is 14.2 Å². The zero-order valence-electron chi connectivity index (χ0n) is 46.6. The molecule has 0 spiro atoms. The zero-order chi connectivity index (χ0) is 49.5. The summed E-state index contributed by atoms with van der Waals surface area (Å²) in [5, 5.41) is 0. The first kappa shape index (κ1) is 66.4. The first-order valence-corrected chi connectivity index (χ1v) is 30.9. The monoisotopic (exact) mass is 961 g/mol. The third kappa shape index (κ3) is 53.8. The second kappa shape index (κ2) is 56.3. The minimum absolute atomic E-state index is 0.0614. The van der Waals surface area contributed by atoms with Crippen LogP contribution in [0.1, 0.15) is 355 Å². The predicted octanol–water partition coefficient (Wildman–Crippen LogP) is 20.6. The molecule has 6 nitrogen and oxygen atoms in total. The van der Waals surface area contributed by atoms with E-state index < -0.39 is 6.10 Å². The maximum Gasteiger partial charge on any atom is 0.306 e. The predicted molar refractivity (Wildman–Crippen MR) is 293 cm³/mol. The molecule has 0 saturated carbocycles. The van der Waals surface area contributed by atoms with Crippen LogP contribution in [-0.2, 0) is 28.6 Å². The average Bonchev–Trinajstić information content (AvgIpc) is 3.34. The van der Waals surface area contributed by atoms with Crippen molar-refractivity contribution in [1.82, 2.24) is 0 Å². The maximum absolute atomic E-state index is 12.9. The lowest BCUT2D eigenvalue weighted by Crippen LogP contribution is -2.30. The van der Waals surface area contributed by atoms with E-state index in [1.165, 1.54) is 250 Å². The molecule has 0 aliphatic heterocycles. The van der Waals surface area contributed by atoms with Crippen LogP contribution in [0.4, 0.5) is 0 Å². The number of esters is 3. The number of hydrogen-bond donors (Lipinski definition) is 0. The zero-order valence-corrected chi connectivity index (χ0v) is 46.6. The second-order valence-electron chi connectivity index (χ2n) is 21.6. The third-order valence-electron chi connectivity index (χ3n) is 14.7. The molecule has 0 aliphatic carbocycles. The summed E-state index contributed by atoms with van der Waals surface area (Å²) in [6, 6.07) is 0. The minimum Gasteiger partial charge on any atom is -0.462 e. The standard InChI is InChI=1S/C62H120O6/c1-5-8-10-12-14-16-18-19-20-23-28-31-35-39-43-47-51-55-62(65)68-59(56-66-60(63)53-49-45-41-37-32-17-15-13-11-9-6-2)57-67-61(64)54-50-46-42-38-34-30-27-25-22-21-24-26-29-33-36-40-44-48-52-58(4)7-3/h58-59H,5-57H2,1-4H3/t58?,59-/m1/s1. The van der Waals surface area contributed by atoms with Gasteiger partial charge in [-0.3, -0.25) is 14.4 Å². The Hall–Kier alpha value is -1.59. The van der Waals surface area contributed by atoms with Crippen LogP contribution in [0.15, 0.2) is 0 Å². The molecule has 0 radical (unpaired) electrons. The molecule has 0 bridgehead atoms. The molecule has 1 unspecified atom stereocenters. The van der Waals surface area contributed by atoms with Gasteiger partial charge in [0.15, 0.2) is 6.10 Å². The summed E-state index contributed by atoms with van der Waals surface area (Å²) in [5.41, 5.74) is 0. The Morgan fingerprint density at radius 3 is 0.765 bits per heavy atom. The normalized spacial score (nSPS) is 12.4. The number of hydrogen-bond acceptors (Lipinski definition) is 6. The highest BCUT2D eigenvalue weighted by Gasteiger charge is 2.19. The molecular formula is C62H120O6. The van der Waals surface area contributed by atoms with E-state index in [2.05, 4.69) is 27.7 Å².